The highest BCUT2D eigenvalue weighted by atomic mass is 35.5. The molecular formula is C19H23ClN2O. The highest BCUT2D eigenvalue weighted by Gasteiger charge is 2.02. The lowest BCUT2D eigenvalue weighted by atomic mass is 10.1. The molecule has 0 aliphatic rings. The number of amides is 1. The Balaban J connectivity index is 1.66. The summed E-state index contributed by atoms with van der Waals surface area (Å²) in [6.45, 7) is 5.42. The minimum absolute atomic E-state index is 0.0660. The average Bonchev–Trinajstić information content (AvgIpc) is 2.51. The van der Waals surface area contributed by atoms with E-state index in [1.54, 1.807) is 0 Å². The van der Waals surface area contributed by atoms with E-state index in [1.807, 2.05) is 24.3 Å². The van der Waals surface area contributed by atoms with E-state index in [2.05, 4.69) is 42.7 Å². The maximum atomic E-state index is 11.8. The molecular weight excluding hydrogens is 308 g/mol. The van der Waals surface area contributed by atoms with Crippen LogP contribution in [-0.2, 0) is 11.2 Å². The summed E-state index contributed by atoms with van der Waals surface area (Å²) in [5.41, 5.74) is 4.70. The van der Waals surface area contributed by atoms with Crippen molar-refractivity contribution in [3.8, 4) is 0 Å². The Morgan fingerprint density at radius 2 is 1.78 bits per heavy atom. The van der Waals surface area contributed by atoms with E-state index in [1.165, 1.54) is 16.7 Å². The standard InChI is InChI=1S/C19H23ClN2O/c1-14-3-8-18(15(2)13-14)21-12-10-19(23)22-11-9-16-4-6-17(20)7-5-16/h3-8,13,21H,9-12H2,1-2H3,(H,22,23). The number of halogens is 1. The van der Waals surface area contributed by atoms with Crippen molar-refractivity contribution in [2.75, 3.05) is 18.4 Å². The van der Waals surface area contributed by atoms with Crippen LogP contribution >= 0.6 is 11.6 Å². The number of nitrogens with one attached hydrogen (secondary N) is 2. The van der Waals surface area contributed by atoms with Crippen molar-refractivity contribution in [3.63, 3.8) is 0 Å². The Bertz CT molecular complexity index is 653. The Hall–Kier alpha value is -2.00. The van der Waals surface area contributed by atoms with Gasteiger partial charge in [-0.3, -0.25) is 4.79 Å². The maximum absolute atomic E-state index is 11.8. The zero-order valence-corrected chi connectivity index (χ0v) is 14.4. The van der Waals surface area contributed by atoms with Gasteiger partial charge >= 0.3 is 0 Å². The van der Waals surface area contributed by atoms with Gasteiger partial charge in [0.25, 0.3) is 0 Å². The summed E-state index contributed by atoms with van der Waals surface area (Å²) in [6.07, 6.45) is 1.28. The first-order chi connectivity index (χ1) is 11.0. The van der Waals surface area contributed by atoms with Crippen LogP contribution in [-0.4, -0.2) is 19.0 Å². The molecule has 2 aromatic carbocycles. The lowest BCUT2D eigenvalue weighted by Crippen LogP contribution is -2.27. The fourth-order valence-electron chi connectivity index (χ4n) is 2.41. The summed E-state index contributed by atoms with van der Waals surface area (Å²) in [6, 6.07) is 14.0. The van der Waals surface area contributed by atoms with Gasteiger partial charge in [0, 0.05) is 30.2 Å². The summed E-state index contributed by atoms with van der Waals surface area (Å²) >= 11 is 5.85. The molecule has 0 aliphatic heterocycles. The van der Waals surface area contributed by atoms with Gasteiger partial charge in [0.1, 0.15) is 0 Å². The van der Waals surface area contributed by atoms with E-state index >= 15 is 0 Å². The van der Waals surface area contributed by atoms with Crippen LogP contribution in [0.5, 0.6) is 0 Å². The molecule has 0 saturated carbocycles. The van der Waals surface area contributed by atoms with Crippen LogP contribution in [0.4, 0.5) is 5.69 Å². The van der Waals surface area contributed by atoms with Crippen LogP contribution in [0, 0.1) is 13.8 Å². The topological polar surface area (TPSA) is 41.1 Å². The summed E-state index contributed by atoms with van der Waals surface area (Å²) in [7, 11) is 0. The first-order valence-electron chi connectivity index (χ1n) is 7.87. The summed E-state index contributed by atoms with van der Waals surface area (Å²) in [5.74, 6) is 0.0660. The van der Waals surface area contributed by atoms with E-state index in [-0.39, 0.29) is 5.91 Å². The number of carbonyl (C=O) groups excluding carboxylic acids is 1. The van der Waals surface area contributed by atoms with Gasteiger partial charge < -0.3 is 10.6 Å². The summed E-state index contributed by atoms with van der Waals surface area (Å²) in [5, 5.41) is 6.99. The minimum Gasteiger partial charge on any atom is -0.384 e. The highest BCUT2D eigenvalue weighted by molar-refractivity contribution is 6.30. The molecule has 0 bridgehead atoms. The van der Waals surface area contributed by atoms with Gasteiger partial charge in [-0.1, -0.05) is 41.4 Å². The third-order valence-corrected chi connectivity index (χ3v) is 3.95. The maximum Gasteiger partial charge on any atom is 0.221 e. The van der Waals surface area contributed by atoms with E-state index < -0.39 is 0 Å². The number of benzene rings is 2. The van der Waals surface area contributed by atoms with Crippen LogP contribution in [0.1, 0.15) is 23.1 Å². The smallest absolute Gasteiger partial charge is 0.221 e. The molecule has 2 N–H and O–H groups in total. The van der Waals surface area contributed by atoms with Crippen molar-refractivity contribution < 1.29 is 4.79 Å². The number of carbonyl (C=O) groups is 1. The third kappa shape index (κ3) is 5.95. The predicted molar refractivity (Wildman–Crippen MR) is 97.2 cm³/mol. The van der Waals surface area contributed by atoms with Crippen molar-refractivity contribution in [1.29, 1.82) is 0 Å². The second-order valence-electron chi connectivity index (χ2n) is 5.72. The van der Waals surface area contributed by atoms with Gasteiger partial charge in [0.15, 0.2) is 0 Å². The fraction of sp³-hybridized carbons (Fsp3) is 0.316. The number of aryl methyl sites for hydroxylation is 2. The molecule has 4 heteroatoms. The molecule has 0 radical (unpaired) electrons. The van der Waals surface area contributed by atoms with Crippen molar-refractivity contribution >= 4 is 23.2 Å². The van der Waals surface area contributed by atoms with Crippen molar-refractivity contribution in [2.24, 2.45) is 0 Å². The van der Waals surface area contributed by atoms with Crippen molar-refractivity contribution in [1.82, 2.24) is 5.32 Å². The highest BCUT2D eigenvalue weighted by Crippen LogP contribution is 2.15. The lowest BCUT2D eigenvalue weighted by Gasteiger charge is -2.10. The summed E-state index contributed by atoms with van der Waals surface area (Å²) in [4.78, 5) is 11.8. The van der Waals surface area contributed by atoms with Crippen LogP contribution in [0.15, 0.2) is 42.5 Å². The molecule has 0 aliphatic carbocycles. The van der Waals surface area contributed by atoms with Crippen molar-refractivity contribution in [3.05, 3.63) is 64.2 Å². The van der Waals surface area contributed by atoms with Gasteiger partial charge in [-0.2, -0.15) is 0 Å². The first kappa shape index (κ1) is 17.4. The zero-order valence-electron chi connectivity index (χ0n) is 13.7. The first-order valence-corrected chi connectivity index (χ1v) is 8.24. The predicted octanol–water partition coefficient (Wildman–Crippen LogP) is 4.12. The average molecular weight is 331 g/mol. The monoisotopic (exact) mass is 330 g/mol. The minimum atomic E-state index is 0.0660. The van der Waals surface area contributed by atoms with E-state index in [0.29, 0.717) is 19.5 Å². The third-order valence-electron chi connectivity index (χ3n) is 3.70. The SMILES string of the molecule is Cc1ccc(NCCC(=O)NCCc2ccc(Cl)cc2)c(C)c1. The molecule has 0 spiro atoms. The van der Waals surface area contributed by atoms with E-state index in [9.17, 15) is 4.79 Å². The number of hydrogen-bond donors (Lipinski definition) is 2. The van der Waals surface area contributed by atoms with Crippen LogP contribution in [0.25, 0.3) is 0 Å². The molecule has 2 rings (SSSR count). The Kier molecular flexibility index (Phi) is 6.48. The molecule has 0 heterocycles. The van der Waals surface area contributed by atoms with Gasteiger partial charge in [0.2, 0.25) is 5.91 Å². The molecule has 0 atom stereocenters. The fourth-order valence-corrected chi connectivity index (χ4v) is 2.53. The number of rotatable bonds is 7. The molecule has 23 heavy (non-hydrogen) atoms. The molecule has 0 aromatic heterocycles. The second kappa shape index (κ2) is 8.59. The van der Waals surface area contributed by atoms with Crippen LogP contribution in [0.2, 0.25) is 5.02 Å². The number of anilines is 1. The van der Waals surface area contributed by atoms with Gasteiger partial charge in [-0.25, -0.2) is 0 Å². The Labute approximate surface area is 143 Å². The number of hydrogen-bond acceptors (Lipinski definition) is 2. The molecule has 1 amide bonds. The van der Waals surface area contributed by atoms with Gasteiger partial charge in [-0.15, -0.1) is 0 Å². The van der Waals surface area contributed by atoms with E-state index in [0.717, 1.165) is 17.1 Å². The Morgan fingerprint density at radius 3 is 2.48 bits per heavy atom. The largest absolute Gasteiger partial charge is 0.384 e. The second-order valence-corrected chi connectivity index (χ2v) is 6.16. The molecule has 2 aromatic rings. The van der Waals surface area contributed by atoms with E-state index in [4.69, 9.17) is 11.6 Å². The van der Waals surface area contributed by atoms with Crippen LogP contribution < -0.4 is 10.6 Å². The molecule has 0 fully saturated rings. The lowest BCUT2D eigenvalue weighted by molar-refractivity contribution is -0.120. The van der Waals surface area contributed by atoms with Gasteiger partial charge in [0.05, 0.1) is 0 Å². The molecule has 122 valence electrons. The molecule has 0 unspecified atom stereocenters. The normalized spacial score (nSPS) is 10.4. The molecule has 3 nitrogen and oxygen atoms in total. The quantitative estimate of drug-likeness (QED) is 0.802. The Morgan fingerprint density at radius 1 is 1.04 bits per heavy atom. The summed E-state index contributed by atoms with van der Waals surface area (Å²) < 4.78 is 0. The van der Waals surface area contributed by atoms with Crippen molar-refractivity contribution in [2.45, 2.75) is 26.7 Å². The zero-order chi connectivity index (χ0) is 16.7. The molecule has 0 saturated heterocycles. The van der Waals surface area contributed by atoms with Gasteiger partial charge in [-0.05, 0) is 49.6 Å². The van der Waals surface area contributed by atoms with Crippen LogP contribution in [0.3, 0.4) is 0 Å².